The fourth-order valence-corrected chi connectivity index (χ4v) is 2.92. The van der Waals surface area contributed by atoms with Crippen LogP contribution in [0.3, 0.4) is 0 Å². The number of hydrogen-bond donors (Lipinski definition) is 1. The summed E-state index contributed by atoms with van der Waals surface area (Å²) in [6, 6.07) is 4.10. The van der Waals surface area contributed by atoms with E-state index in [1.54, 1.807) is 21.3 Å². The molecule has 0 unspecified atom stereocenters. The Bertz CT molecular complexity index is 648. The summed E-state index contributed by atoms with van der Waals surface area (Å²) in [6.07, 6.45) is 5.22. The molecular formula is C21H34IN3O3. The molecule has 0 aromatic heterocycles. The number of methoxy groups -OCH3 is 2. The fourth-order valence-electron chi connectivity index (χ4n) is 2.92. The predicted molar refractivity (Wildman–Crippen MR) is 125 cm³/mol. The Morgan fingerprint density at radius 1 is 1.32 bits per heavy atom. The van der Waals surface area contributed by atoms with Crippen LogP contribution in [0.5, 0.6) is 11.5 Å². The Labute approximate surface area is 186 Å². The van der Waals surface area contributed by atoms with E-state index in [2.05, 4.69) is 27.9 Å². The van der Waals surface area contributed by atoms with Gasteiger partial charge in [-0.05, 0) is 42.9 Å². The van der Waals surface area contributed by atoms with Gasteiger partial charge in [0.2, 0.25) is 0 Å². The normalized spacial score (nSPS) is 13.5. The molecule has 6 nitrogen and oxygen atoms in total. The fraction of sp³-hybridized carbons (Fsp3) is 0.571. The second-order valence-corrected chi connectivity index (χ2v) is 6.82. The molecule has 0 bridgehead atoms. The van der Waals surface area contributed by atoms with Crippen molar-refractivity contribution in [3.05, 3.63) is 35.9 Å². The van der Waals surface area contributed by atoms with Crippen LogP contribution in [0.25, 0.3) is 0 Å². The maximum Gasteiger partial charge on any atom is 0.193 e. The Morgan fingerprint density at radius 3 is 2.64 bits per heavy atom. The second-order valence-electron chi connectivity index (χ2n) is 6.82. The van der Waals surface area contributed by atoms with Gasteiger partial charge in [-0.15, -0.1) is 30.6 Å². The largest absolute Gasteiger partial charge is 0.493 e. The van der Waals surface area contributed by atoms with Crippen molar-refractivity contribution in [3.63, 3.8) is 0 Å². The Hall–Kier alpha value is -1.48. The van der Waals surface area contributed by atoms with Gasteiger partial charge in [0, 0.05) is 39.4 Å². The van der Waals surface area contributed by atoms with Crippen LogP contribution in [0.4, 0.5) is 0 Å². The Morgan fingerprint density at radius 2 is 2.07 bits per heavy atom. The van der Waals surface area contributed by atoms with Gasteiger partial charge in [-0.3, -0.25) is 4.99 Å². The summed E-state index contributed by atoms with van der Waals surface area (Å²) in [5.74, 6) is 3.12. The quantitative estimate of drug-likeness (QED) is 0.165. The highest BCUT2D eigenvalue weighted by Gasteiger charge is 2.21. The zero-order valence-electron chi connectivity index (χ0n) is 17.5. The van der Waals surface area contributed by atoms with E-state index in [4.69, 9.17) is 14.2 Å². The number of rotatable bonds is 11. The molecule has 0 radical (unpaired) electrons. The van der Waals surface area contributed by atoms with Crippen molar-refractivity contribution >= 4 is 29.9 Å². The molecule has 28 heavy (non-hydrogen) atoms. The minimum Gasteiger partial charge on any atom is -0.493 e. The first-order valence-corrected chi connectivity index (χ1v) is 9.47. The SMILES string of the molecule is C=CCc1cc(CNC(=NC)N(C)CCOCC2CC2)cc(OC)c1OC.I. The first-order chi connectivity index (χ1) is 13.1. The number of allylic oxidation sites excluding steroid dienone is 1. The van der Waals surface area contributed by atoms with Gasteiger partial charge >= 0.3 is 0 Å². The summed E-state index contributed by atoms with van der Waals surface area (Å²) in [7, 11) is 7.13. The van der Waals surface area contributed by atoms with E-state index in [0.29, 0.717) is 13.2 Å². The lowest BCUT2D eigenvalue weighted by Crippen LogP contribution is -2.40. The zero-order chi connectivity index (χ0) is 19.6. The molecule has 1 fully saturated rings. The lowest BCUT2D eigenvalue weighted by Gasteiger charge is -2.22. The highest BCUT2D eigenvalue weighted by atomic mass is 127. The average molecular weight is 503 g/mol. The molecule has 1 aromatic rings. The van der Waals surface area contributed by atoms with Gasteiger partial charge in [0.15, 0.2) is 17.5 Å². The summed E-state index contributed by atoms with van der Waals surface area (Å²) in [5.41, 5.74) is 2.16. The van der Waals surface area contributed by atoms with E-state index < -0.39 is 0 Å². The smallest absolute Gasteiger partial charge is 0.193 e. The van der Waals surface area contributed by atoms with E-state index in [1.807, 2.05) is 19.2 Å². The van der Waals surface area contributed by atoms with Gasteiger partial charge in [-0.2, -0.15) is 0 Å². The number of aliphatic imine (C=N–C) groups is 1. The summed E-state index contributed by atoms with van der Waals surface area (Å²) in [4.78, 5) is 6.45. The first-order valence-electron chi connectivity index (χ1n) is 9.47. The lowest BCUT2D eigenvalue weighted by atomic mass is 10.1. The van der Waals surface area contributed by atoms with Gasteiger partial charge in [-0.1, -0.05) is 6.08 Å². The maximum absolute atomic E-state index is 5.72. The molecule has 0 heterocycles. The lowest BCUT2D eigenvalue weighted by molar-refractivity contribution is 0.115. The number of guanidine groups is 1. The van der Waals surface area contributed by atoms with Gasteiger partial charge in [0.25, 0.3) is 0 Å². The van der Waals surface area contributed by atoms with Crippen LogP contribution < -0.4 is 14.8 Å². The second kappa shape index (κ2) is 12.9. The summed E-state index contributed by atoms with van der Waals surface area (Å²) >= 11 is 0. The van der Waals surface area contributed by atoms with Crippen molar-refractivity contribution < 1.29 is 14.2 Å². The number of nitrogens with one attached hydrogen (secondary N) is 1. The molecule has 0 atom stereocenters. The molecule has 158 valence electrons. The van der Waals surface area contributed by atoms with Gasteiger partial charge in [0.05, 0.1) is 20.8 Å². The molecule has 1 aliphatic carbocycles. The Balaban J connectivity index is 0.00000392. The topological polar surface area (TPSA) is 55.3 Å². The van der Waals surface area contributed by atoms with E-state index in [9.17, 15) is 0 Å². The van der Waals surface area contributed by atoms with Crippen LogP contribution >= 0.6 is 24.0 Å². The predicted octanol–water partition coefficient (Wildman–Crippen LogP) is 3.48. The number of halogens is 1. The van der Waals surface area contributed by atoms with Crippen LogP contribution in [-0.4, -0.2) is 58.9 Å². The van der Waals surface area contributed by atoms with Crippen molar-refractivity contribution in [1.29, 1.82) is 0 Å². The molecule has 1 aromatic carbocycles. The van der Waals surface area contributed by atoms with Crippen molar-refractivity contribution in [2.75, 3.05) is 48.1 Å². The monoisotopic (exact) mass is 503 g/mol. The molecule has 1 N–H and O–H groups in total. The molecule has 1 saturated carbocycles. The highest BCUT2D eigenvalue weighted by molar-refractivity contribution is 14.0. The molecular weight excluding hydrogens is 469 g/mol. The van der Waals surface area contributed by atoms with E-state index in [-0.39, 0.29) is 24.0 Å². The van der Waals surface area contributed by atoms with Crippen molar-refractivity contribution in [2.45, 2.75) is 25.8 Å². The van der Waals surface area contributed by atoms with Crippen LogP contribution in [0.15, 0.2) is 29.8 Å². The molecule has 0 amide bonds. The van der Waals surface area contributed by atoms with Crippen LogP contribution in [0.2, 0.25) is 0 Å². The third-order valence-electron chi connectivity index (χ3n) is 4.63. The maximum atomic E-state index is 5.72. The first kappa shape index (κ1) is 24.6. The third kappa shape index (κ3) is 7.50. The number of hydrogen-bond acceptors (Lipinski definition) is 4. The molecule has 2 rings (SSSR count). The molecule has 1 aliphatic rings. The number of benzene rings is 1. The van der Waals surface area contributed by atoms with Crippen molar-refractivity contribution in [2.24, 2.45) is 10.9 Å². The molecule has 0 spiro atoms. The van der Waals surface area contributed by atoms with Gasteiger partial charge < -0.3 is 24.4 Å². The van der Waals surface area contributed by atoms with E-state index in [0.717, 1.165) is 54.1 Å². The Kier molecular flexibility index (Phi) is 11.3. The summed E-state index contributed by atoms with van der Waals surface area (Å²) < 4.78 is 16.7. The minimum atomic E-state index is 0. The van der Waals surface area contributed by atoms with E-state index >= 15 is 0 Å². The van der Waals surface area contributed by atoms with Crippen molar-refractivity contribution in [3.8, 4) is 11.5 Å². The standard InChI is InChI=1S/C21H33N3O3.HI/c1-6-7-18-12-17(13-19(25-4)20(18)26-5)14-23-21(22-2)24(3)10-11-27-15-16-8-9-16;/h6,12-13,16H,1,7-11,14-15H2,2-5H3,(H,22,23);1H. The van der Waals surface area contributed by atoms with E-state index in [1.165, 1.54) is 12.8 Å². The zero-order valence-corrected chi connectivity index (χ0v) is 19.8. The average Bonchev–Trinajstić information content (AvgIpc) is 3.50. The van der Waals surface area contributed by atoms with Gasteiger partial charge in [0.1, 0.15) is 0 Å². The molecule has 7 heteroatoms. The van der Waals surface area contributed by atoms with Gasteiger partial charge in [-0.25, -0.2) is 0 Å². The van der Waals surface area contributed by atoms with Crippen molar-refractivity contribution in [1.82, 2.24) is 10.2 Å². The number of likely N-dealkylation sites (N-methyl/N-ethyl adjacent to an activating group) is 1. The molecule has 0 saturated heterocycles. The number of ether oxygens (including phenoxy) is 3. The summed E-state index contributed by atoms with van der Waals surface area (Å²) in [5, 5.41) is 3.40. The summed E-state index contributed by atoms with van der Waals surface area (Å²) in [6.45, 7) is 6.88. The van der Waals surface area contributed by atoms with Crippen LogP contribution in [0, 0.1) is 5.92 Å². The molecule has 0 aliphatic heterocycles. The van der Waals surface area contributed by atoms with Crippen LogP contribution in [-0.2, 0) is 17.7 Å². The minimum absolute atomic E-state index is 0. The number of nitrogens with zero attached hydrogens (tertiary/aromatic N) is 2. The third-order valence-corrected chi connectivity index (χ3v) is 4.63. The highest BCUT2D eigenvalue weighted by Crippen LogP contribution is 2.33. The van der Waals surface area contributed by atoms with Crippen LogP contribution in [0.1, 0.15) is 24.0 Å².